The molecule has 1 aromatic carbocycles. The largest absolute Gasteiger partial charge is 0.416 e. The molecule has 2 nitrogen and oxygen atoms in total. The van der Waals surface area contributed by atoms with Crippen molar-refractivity contribution >= 4 is 27.7 Å². The fourth-order valence-electron chi connectivity index (χ4n) is 1.73. The highest BCUT2D eigenvalue weighted by Crippen LogP contribution is 2.35. The summed E-state index contributed by atoms with van der Waals surface area (Å²) in [4.78, 5) is 4.54. The van der Waals surface area contributed by atoms with E-state index in [1.807, 2.05) is 24.3 Å². The van der Waals surface area contributed by atoms with Gasteiger partial charge >= 0.3 is 6.18 Å². The van der Waals surface area contributed by atoms with Gasteiger partial charge in [-0.1, -0.05) is 15.9 Å². The van der Waals surface area contributed by atoms with Gasteiger partial charge in [0.15, 0.2) is 0 Å². The van der Waals surface area contributed by atoms with E-state index in [2.05, 4.69) is 20.9 Å². The summed E-state index contributed by atoms with van der Waals surface area (Å²) in [6, 6.07) is 8.20. The molecule has 0 bridgehead atoms. The fourth-order valence-corrected chi connectivity index (χ4v) is 2.85. The van der Waals surface area contributed by atoms with Crippen molar-refractivity contribution in [1.82, 2.24) is 4.98 Å². The Hall–Kier alpha value is -1.05. The van der Waals surface area contributed by atoms with Gasteiger partial charge in [-0.3, -0.25) is 4.98 Å². The molecule has 0 aliphatic carbocycles. The second kappa shape index (κ2) is 6.81. The molecular weight excluding hydrogens is 367 g/mol. The Morgan fingerprint density at radius 3 is 2.48 bits per heavy atom. The summed E-state index contributed by atoms with van der Waals surface area (Å²) in [5.74, 6) is 0.121. The smallest absolute Gasteiger partial charge is 0.387 e. The first kappa shape index (κ1) is 16.3. The maximum atomic E-state index is 12.9. The summed E-state index contributed by atoms with van der Waals surface area (Å²) in [6.45, 7) is 0. The molecule has 7 heteroatoms. The molecule has 0 amide bonds. The molecule has 0 radical (unpaired) electrons. The van der Waals surface area contributed by atoms with Gasteiger partial charge in [-0.2, -0.15) is 13.2 Å². The Bertz CT molecular complexity index is 604. The van der Waals surface area contributed by atoms with E-state index in [9.17, 15) is 18.3 Å². The molecule has 0 saturated carbocycles. The third-order valence-electron chi connectivity index (χ3n) is 2.74. The molecule has 1 N–H and O–H groups in total. The quantitative estimate of drug-likeness (QED) is 0.784. The standard InChI is InChI=1S/C14H11BrF3NOS/c15-9-1-3-10(4-2-9)21-8-13(20)11-7-19-6-5-12(11)14(16,17)18/h1-7,13,20H,8H2. The van der Waals surface area contributed by atoms with Crippen LogP contribution in [-0.4, -0.2) is 15.8 Å². The highest BCUT2D eigenvalue weighted by molar-refractivity contribution is 9.10. The third-order valence-corrected chi connectivity index (χ3v) is 4.35. The Kier molecular flexibility index (Phi) is 5.29. The van der Waals surface area contributed by atoms with E-state index in [1.54, 1.807) is 0 Å². The van der Waals surface area contributed by atoms with E-state index in [4.69, 9.17) is 0 Å². The lowest BCUT2D eigenvalue weighted by Gasteiger charge is -2.16. The maximum Gasteiger partial charge on any atom is 0.416 e. The highest BCUT2D eigenvalue weighted by Gasteiger charge is 2.34. The molecule has 0 aliphatic rings. The average molecular weight is 378 g/mol. The molecular formula is C14H11BrF3NOS. The molecule has 1 atom stereocenters. The molecule has 0 saturated heterocycles. The number of thioether (sulfide) groups is 1. The number of halogens is 4. The molecule has 1 aromatic heterocycles. The predicted octanol–water partition coefficient (Wildman–Crippen LogP) is 4.69. The van der Waals surface area contributed by atoms with Crippen molar-refractivity contribution in [3.63, 3.8) is 0 Å². The van der Waals surface area contributed by atoms with Crippen LogP contribution >= 0.6 is 27.7 Å². The van der Waals surface area contributed by atoms with Gasteiger partial charge in [0.2, 0.25) is 0 Å². The number of hydrogen-bond donors (Lipinski definition) is 1. The minimum Gasteiger partial charge on any atom is -0.387 e. The number of nitrogens with zero attached hydrogens (tertiary/aromatic N) is 1. The minimum atomic E-state index is -4.50. The molecule has 1 unspecified atom stereocenters. The lowest BCUT2D eigenvalue weighted by molar-refractivity contribution is -0.139. The number of pyridine rings is 1. The van der Waals surface area contributed by atoms with Crippen molar-refractivity contribution in [3.05, 3.63) is 58.3 Å². The number of aliphatic hydroxyl groups excluding tert-OH is 1. The van der Waals surface area contributed by atoms with Gasteiger partial charge in [0, 0.05) is 33.1 Å². The summed E-state index contributed by atoms with van der Waals surface area (Å²) in [7, 11) is 0. The van der Waals surface area contributed by atoms with Crippen LogP contribution in [0.25, 0.3) is 0 Å². The van der Waals surface area contributed by atoms with Gasteiger partial charge in [0.05, 0.1) is 11.7 Å². The zero-order valence-electron chi connectivity index (χ0n) is 10.6. The summed E-state index contributed by atoms with van der Waals surface area (Å²) < 4.78 is 39.5. The van der Waals surface area contributed by atoms with Crippen LogP contribution in [0.4, 0.5) is 13.2 Å². The molecule has 21 heavy (non-hydrogen) atoms. The zero-order chi connectivity index (χ0) is 15.5. The Morgan fingerprint density at radius 2 is 1.86 bits per heavy atom. The van der Waals surface area contributed by atoms with Gasteiger partial charge in [-0.05, 0) is 30.3 Å². The predicted molar refractivity (Wildman–Crippen MR) is 79.1 cm³/mol. The van der Waals surface area contributed by atoms with Gasteiger partial charge in [-0.15, -0.1) is 11.8 Å². The van der Waals surface area contributed by atoms with Crippen LogP contribution in [-0.2, 0) is 6.18 Å². The van der Waals surface area contributed by atoms with Crippen LogP contribution in [0.2, 0.25) is 0 Å². The first-order valence-electron chi connectivity index (χ1n) is 5.95. The van der Waals surface area contributed by atoms with E-state index < -0.39 is 17.8 Å². The number of aliphatic hydroxyl groups is 1. The molecule has 1 heterocycles. The van der Waals surface area contributed by atoms with Crippen molar-refractivity contribution in [2.75, 3.05) is 5.75 Å². The van der Waals surface area contributed by atoms with Crippen LogP contribution in [0.3, 0.4) is 0 Å². The first-order chi connectivity index (χ1) is 9.88. The molecule has 0 spiro atoms. The maximum absolute atomic E-state index is 12.9. The van der Waals surface area contributed by atoms with Crippen LogP contribution in [0.15, 0.2) is 52.1 Å². The molecule has 0 fully saturated rings. The van der Waals surface area contributed by atoms with Crippen molar-refractivity contribution in [2.24, 2.45) is 0 Å². The highest BCUT2D eigenvalue weighted by atomic mass is 79.9. The third kappa shape index (κ3) is 4.46. The monoisotopic (exact) mass is 377 g/mol. The fraction of sp³-hybridized carbons (Fsp3) is 0.214. The van der Waals surface area contributed by atoms with Gasteiger partial charge in [0.1, 0.15) is 0 Å². The zero-order valence-corrected chi connectivity index (χ0v) is 13.0. The number of rotatable bonds is 4. The normalized spacial score (nSPS) is 13.2. The van der Waals surface area contributed by atoms with Crippen LogP contribution in [0.5, 0.6) is 0 Å². The van der Waals surface area contributed by atoms with Crippen LogP contribution in [0.1, 0.15) is 17.2 Å². The summed E-state index contributed by atoms with van der Waals surface area (Å²) in [5, 5.41) is 10.0. The molecule has 112 valence electrons. The molecule has 2 rings (SSSR count). The van der Waals surface area contributed by atoms with E-state index in [0.29, 0.717) is 0 Å². The summed E-state index contributed by atoms with van der Waals surface area (Å²) in [5.41, 5.74) is -1.05. The molecule has 2 aromatic rings. The van der Waals surface area contributed by atoms with Crippen molar-refractivity contribution in [3.8, 4) is 0 Å². The van der Waals surface area contributed by atoms with E-state index in [1.165, 1.54) is 11.8 Å². The second-order valence-corrected chi connectivity index (χ2v) is 6.25. The summed E-state index contributed by atoms with van der Waals surface area (Å²) in [6.07, 6.45) is -3.60. The Balaban J connectivity index is 2.10. The lowest BCUT2D eigenvalue weighted by Crippen LogP contribution is -2.13. The van der Waals surface area contributed by atoms with E-state index in [0.717, 1.165) is 27.8 Å². The summed E-state index contributed by atoms with van der Waals surface area (Å²) >= 11 is 4.59. The van der Waals surface area contributed by atoms with E-state index in [-0.39, 0.29) is 11.3 Å². The lowest BCUT2D eigenvalue weighted by atomic mass is 10.1. The van der Waals surface area contributed by atoms with E-state index >= 15 is 0 Å². The van der Waals surface area contributed by atoms with Gasteiger partial charge in [-0.25, -0.2) is 0 Å². The Morgan fingerprint density at radius 1 is 1.19 bits per heavy atom. The number of benzene rings is 1. The van der Waals surface area contributed by atoms with Gasteiger partial charge in [0.25, 0.3) is 0 Å². The Labute approximate surface area is 132 Å². The second-order valence-electron chi connectivity index (χ2n) is 4.24. The average Bonchev–Trinajstić information content (AvgIpc) is 2.45. The topological polar surface area (TPSA) is 33.1 Å². The minimum absolute atomic E-state index is 0.121. The number of aromatic nitrogens is 1. The molecule has 0 aliphatic heterocycles. The van der Waals surface area contributed by atoms with Gasteiger partial charge < -0.3 is 5.11 Å². The number of hydrogen-bond acceptors (Lipinski definition) is 3. The first-order valence-corrected chi connectivity index (χ1v) is 7.73. The van der Waals surface area contributed by atoms with Crippen LogP contribution < -0.4 is 0 Å². The van der Waals surface area contributed by atoms with Crippen molar-refractivity contribution < 1.29 is 18.3 Å². The van der Waals surface area contributed by atoms with Crippen molar-refractivity contribution in [2.45, 2.75) is 17.2 Å². The van der Waals surface area contributed by atoms with Crippen molar-refractivity contribution in [1.29, 1.82) is 0 Å². The SMILES string of the molecule is OC(CSc1ccc(Br)cc1)c1cnccc1C(F)(F)F. The van der Waals surface area contributed by atoms with Crippen LogP contribution in [0, 0.1) is 0 Å². The number of alkyl halides is 3.